The predicted octanol–water partition coefficient (Wildman–Crippen LogP) is 2.09. The monoisotopic (exact) mass is 377 g/mol. The van der Waals surface area contributed by atoms with Crippen LogP contribution < -0.4 is 19.5 Å². The summed E-state index contributed by atoms with van der Waals surface area (Å²) in [5.74, 6) is 1.58. The Morgan fingerprint density at radius 2 is 1.96 bits per heavy atom. The third-order valence-corrected chi connectivity index (χ3v) is 3.67. The van der Waals surface area contributed by atoms with Crippen molar-refractivity contribution < 1.29 is 19.1 Å². The Bertz CT molecular complexity index is 751. The van der Waals surface area contributed by atoms with Crippen LogP contribution in [0.5, 0.6) is 17.2 Å². The zero-order valence-electron chi connectivity index (χ0n) is 15.5. The van der Waals surface area contributed by atoms with E-state index in [9.17, 15) is 10.1 Å². The Morgan fingerprint density at radius 3 is 2.48 bits per heavy atom. The van der Waals surface area contributed by atoms with E-state index >= 15 is 0 Å². The highest BCUT2D eigenvalue weighted by Gasteiger charge is 2.15. The van der Waals surface area contributed by atoms with Gasteiger partial charge in [0.2, 0.25) is 5.75 Å². The number of benzene rings is 1. The van der Waals surface area contributed by atoms with Crippen LogP contribution in [0.2, 0.25) is 0 Å². The van der Waals surface area contributed by atoms with Crippen LogP contribution in [0, 0.1) is 10.1 Å². The van der Waals surface area contributed by atoms with Crippen LogP contribution in [0.25, 0.3) is 0 Å². The van der Waals surface area contributed by atoms with Crippen molar-refractivity contribution in [1.82, 2.24) is 9.55 Å². The number of nitrogens with one attached hydrogen (secondary N) is 1. The molecule has 0 spiro atoms. The maximum Gasteiger partial charge on any atom is 0.260 e. The molecule has 0 saturated heterocycles. The van der Waals surface area contributed by atoms with Crippen molar-refractivity contribution in [2.45, 2.75) is 13.0 Å². The van der Waals surface area contributed by atoms with E-state index < -0.39 is 11.5 Å². The summed E-state index contributed by atoms with van der Waals surface area (Å²) in [6.07, 6.45) is 6.01. The molecule has 0 atom stereocenters. The number of imidazole rings is 1. The van der Waals surface area contributed by atoms with E-state index in [2.05, 4.69) is 15.3 Å². The van der Waals surface area contributed by atoms with E-state index in [1.54, 1.807) is 24.7 Å². The number of aromatic nitrogens is 2. The number of amidine groups is 1. The number of nitrogens with zero attached hydrogens (tertiary/aromatic N) is 4. The quantitative estimate of drug-likeness (QED) is 0.222. The fourth-order valence-electron chi connectivity index (χ4n) is 2.46. The Hall–Kier alpha value is -3.30. The lowest BCUT2D eigenvalue weighted by Gasteiger charge is -2.15. The maximum absolute atomic E-state index is 11.0. The molecule has 10 heteroatoms. The van der Waals surface area contributed by atoms with Crippen LogP contribution in [0.1, 0.15) is 6.42 Å². The number of methoxy groups -OCH3 is 3. The number of rotatable bonds is 10. The molecule has 0 aliphatic heterocycles. The summed E-state index contributed by atoms with van der Waals surface area (Å²) in [6, 6.07) is 3.34. The van der Waals surface area contributed by atoms with E-state index in [-0.39, 0.29) is 5.84 Å². The van der Waals surface area contributed by atoms with Gasteiger partial charge in [-0.1, -0.05) is 0 Å². The summed E-state index contributed by atoms with van der Waals surface area (Å²) in [6.45, 7) is 0.764. The van der Waals surface area contributed by atoms with Crippen molar-refractivity contribution in [3.8, 4) is 17.2 Å². The zero-order valence-corrected chi connectivity index (χ0v) is 15.5. The maximum atomic E-state index is 11.0. The largest absolute Gasteiger partial charge is 0.493 e. The first kappa shape index (κ1) is 20.0. The number of aliphatic imine (C=N–C) groups is 1. The molecule has 146 valence electrons. The van der Waals surface area contributed by atoms with Gasteiger partial charge in [0.1, 0.15) is 0 Å². The summed E-state index contributed by atoms with van der Waals surface area (Å²) in [4.78, 5) is 18.8. The minimum absolute atomic E-state index is 0.250. The van der Waals surface area contributed by atoms with E-state index in [0.717, 1.165) is 13.0 Å². The molecule has 0 amide bonds. The van der Waals surface area contributed by atoms with Gasteiger partial charge < -0.3 is 24.1 Å². The van der Waals surface area contributed by atoms with Crippen molar-refractivity contribution in [2.75, 3.05) is 39.7 Å². The average molecular weight is 377 g/mol. The molecule has 2 rings (SSSR count). The minimum atomic E-state index is -0.431. The molecule has 0 bridgehead atoms. The lowest BCUT2D eigenvalue weighted by atomic mass is 10.2. The number of anilines is 1. The number of hydrogen-bond acceptors (Lipinski definition) is 7. The summed E-state index contributed by atoms with van der Waals surface area (Å²) in [5.41, 5.74) is 0.555. The predicted molar refractivity (Wildman–Crippen MR) is 101 cm³/mol. The van der Waals surface area contributed by atoms with E-state index in [4.69, 9.17) is 14.2 Å². The van der Waals surface area contributed by atoms with Gasteiger partial charge in [-0.25, -0.2) is 4.98 Å². The highest BCUT2D eigenvalue weighted by Crippen LogP contribution is 2.39. The van der Waals surface area contributed by atoms with Crippen LogP contribution in [0.3, 0.4) is 0 Å². The Morgan fingerprint density at radius 1 is 1.26 bits per heavy atom. The molecule has 0 saturated carbocycles. The van der Waals surface area contributed by atoms with Gasteiger partial charge in [-0.3, -0.25) is 15.1 Å². The second-order valence-corrected chi connectivity index (χ2v) is 5.51. The molecule has 0 unspecified atom stereocenters. The summed E-state index contributed by atoms with van der Waals surface area (Å²) >= 11 is 0. The fourth-order valence-corrected chi connectivity index (χ4v) is 2.46. The third kappa shape index (κ3) is 5.87. The molecule has 0 aliphatic rings. The van der Waals surface area contributed by atoms with Crippen molar-refractivity contribution in [3.63, 3.8) is 0 Å². The minimum Gasteiger partial charge on any atom is -0.493 e. The van der Waals surface area contributed by atoms with E-state index in [1.165, 1.54) is 21.3 Å². The smallest absolute Gasteiger partial charge is 0.260 e. The topological polar surface area (TPSA) is 113 Å². The second-order valence-electron chi connectivity index (χ2n) is 5.51. The summed E-state index contributed by atoms with van der Waals surface area (Å²) in [7, 11) is 4.51. The van der Waals surface area contributed by atoms with Crippen LogP contribution in [0.15, 0.2) is 35.8 Å². The van der Waals surface area contributed by atoms with Gasteiger partial charge in [0.05, 0.1) is 27.7 Å². The number of hydrogen-bond donors (Lipinski definition) is 1. The number of ether oxygens (including phenoxy) is 3. The van der Waals surface area contributed by atoms with E-state index in [1.807, 2.05) is 10.8 Å². The van der Waals surface area contributed by atoms with Gasteiger partial charge in [0.15, 0.2) is 17.3 Å². The normalized spacial score (nSPS) is 11.1. The lowest BCUT2D eigenvalue weighted by molar-refractivity contribution is -0.463. The van der Waals surface area contributed by atoms with Crippen molar-refractivity contribution in [3.05, 3.63) is 41.0 Å². The van der Waals surface area contributed by atoms with Crippen molar-refractivity contribution in [2.24, 2.45) is 4.99 Å². The van der Waals surface area contributed by atoms with Gasteiger partial charge in [-0.15, -0.1) is 0 Å². The molecule has 0 fully saturated rings. The standard InChI is InChI=1S/C17H23N5O5/c1-25-14-9-13(10-15(26-2)17(14)27-3)20-16(11-22(23)24)19-5-4-7-21-8-6-18-12-21/h6,8-10,12H,4-5,7,11H2,1-3H3,(H,19,20). The highest BCUT2D eigenvalue weighted by atomic mass is 16.6. The molecular formula is C17H23N5O5. The first-order valence-electron chi connectivity index (χ1n) is 8.25. The Labute approximate surface area is 156 Å². The van der Waals surface area contributed by atoms with Crippen LogP contribution in [-0.2, 0) is 6.54 Å². The van der Waals surface area contributed by atoms with Gasteiger partial charge in [0, 0.05) is 48.2 Å². The Balaban J connectivity index is 2.12. The van der Waals surface area contributed by atoms with Crippen molar-refractivity contribution in [1.29, 1.82) is 0 Å². The number of nitro groups is 1. The van der Waals surface area contributed by atoms with Crippen molar-refractivity contribution >= 4 is 11.5 Å². The summed E-state index contributed by atoms with van der Waals surface area (Å²) < 4.78 is 17.8. The van der Waals surface area contributed by atoms with Crippen LogP contribution in [0.4, 0.5) is 5.69 Å². The molecule has 1 heterocycles. The van der Waals surface area contributed by atoms with Crippen LogP contribution in [-0.4, -0.2) is 54.7 Å². The average Bonchev–Trinajstić information content (AvgIpc) is 3.17. The van der Waals surface area contributed by atoms with E-state index in [0.29, 0.717) is 29.5 Å². The Kier molecular flexibility index (Phi) is 7.41. The van der Waals surface area contributed by atoms with Gasteiger partial charge >= 0.3 is 0 Å². The van der Waals surface area contributed by atoms with Gasteiger partial charge in [-0.05, 0) is 6.42 Å². The first-order chi connectivity index (χ1) is 13.1. The molecule has 1 aromatic carbocycles. The lowest BCUT2D eigenvalue weighted by Crippen LogP contribution is -2.23. The molecule has 1 N–H and O–H groups in total. The second kappa shape index (κ2) is 10.00. The summed E-state index contributed by atoms with van der Waals surface area (Å²) in [5, 5.41) is 13.9. The van der Waals surface area contributed by atoms with Crippen LogP contribution >= 0.6 is 0 Å². The number of aryl methyl sites for hydroxylation is 1. The van der Waals surface area contributed by atoms with Gasteiger partial charge in [-0.2, -0.15) is 0 Å². The molecule has 0 radical (unpaired) electrons. The third-order valence-electron chi connectivity index (χ3n) is 3.67. The zero-order chi connectivity index (χ0) is 19.6. The first-order valence-corrected chi connectivity index (χ1v) is 8.25. The molecule has 27 heavy (non-hydrogen) atoms. The molecule has 2 aromatic rings. The molecule has 10 nitrogen and oxygen atoms in total. The molecule has 1 aromatic heterocycles. The highest BCUT2D eigenvalue weighted by molar-refractivity contribution is 5.96. The molecule has 0 aliphatic carbocycles. The SMILES string of the molecule is COc1cc(NC(C[N+](=O)[O-])=NCCCn2ccnc2)cc(OC)c1OC. The molecular weight excluding hydrogens is 354 g/mol. The van der Waals surface area contributed by atoms with Gasteiger partial charge in [0.25, 0.3) is 6.54 Å². The fraction of sp³-hybridized carbons (Fsp3) is 0.412.